The second-order valence-electron chi connectivity index (χ2n) is 3.78. The Morgan fingerprint density at radius 1 is 1.17 bits per heavy atom. The SMILES string of the molecule is Nc1ccc(-c2nc3ncnc(N)c3[nH]2)cc1F. The van der Waals surface area contributed by atoms with Gasteiger partial charge in [0.15, 0.2) is 11.5 Å². The van der Waals surface area contributed by atoms with Crippen molar-refractivity contribution >= 4 is 22.7 Å². The molecule has 0 saturated carbocycles. The van der Waals surface area contributed by atoms with Crippen LogP contribution in [0.1, 0.15) is 0 Å². The van der Waals surface area contributed by atoms with E-state index in [1.165, 1.54) is 18.5 Å². The van der Waals surface area contributed by atoms with Crippen LogP contribution in [0.5, 0.6) is 0 Å². The largest absolute Gasteiger partial charge is 0.396 e. The highest BCUT2D eigenvalue weighted by molar-refractivity contribution is 5.84. The van der Waals surface area contributed by atoms with Crippen molar-refractivity contribution in [3.63, 3.8) is 0 Å². The third kappa shape index (κ3) is 1.53. The predicted octanol–water partition coefficient (Wildman–Crippen LogP) is 1.32. The van der Waals surface area contributed by atoms with Crippen molar-refractivity contribution in [3.05, 3.63) is 30.3 Å². The van der Waals surface area contributed by atoms with Crippen molar-refractivity contribution in [3.8, 4) is 11.4 Å². The van der Waals surface area contributed by atoms with Gasteiger partial charge in [-0.05, 0) is 18.2 Å². The molecule has 0 atom stereocenters. The molecule has 0 radical (unpaired) electrons. The molecule has 0 saturated heterocycles. The van der Waals surface area contributed by atoms with Crippen LogP contribution in [0.2, 0.25) is 0 Å². The van der Waals surface area contributed by atoms with Gasteiger partial charge in [-0.3, -0.25) is 0 Å². The first kappa shape index (κ1) is 10.5. The van der Waals surface area contributed by atoms with E-state index < -0.39 is 5.82 Å². The topological polar surface area (TPSA) is 106 Å². The van der Waals surface area contributed by atoms with Gasteiger partial charge in [-0.15, -0.1) is 0 Å². The lowest BCUT2D eigenvalue weighted by atomic mass is 10.2. The summed E-state index contributed by atoms with van der Waals surface area (Å²) in [5.41, 5.74) is 12.7. The van der Waals surface area contributed by atoms with Gasteiger partial charge >= 0.3 is 0 Å². The summed E-state index contributed by atoms with van der Waals surface area (Å²) in [4.78, 5) is 15.0. The molecule has 6 nitrogen and oxygen atoms in total. The summed E-state index contributed by atoms with van der Waals surface area (Å²) in [7, 11) is 0. The van der Waals surface area contributed by atoms with Gasteiger partial charge in [0, 0.05) is 5.56 Å². The van der Waals surface area contributed by atoms with Gasteiger partial charge in [0.2, 0.25) is 0 Å². The maximum Gasteiger partial charge on any atom is 0.183 e. The van der Waals surface area contributed by atoms with E-state index >= 15 is 0 Å². The fourth-order valence-corrected chi connectivity index (χ4v) is 1.66. The zero-order chi connectivity index (χ0) is 12.7. The van der Waals surface area contributed by atoms with E-state index in [0.717, 1.165) is 0 Å². The maximum atomic E-state index is 13.4. The Morgan fingerprint density at radius 2 is 2.00 bits per heavy atom. The fraction of sp³-hybridized carbons (Fsp3) is 0. The van der Waals surface area contributed by atoms with Crippen molar-refractivity contribution in [1.82, 2.24) is 19.9 Å². The fourth-order valence-electron chi connectivity index (χ4n) is 1.66. The molecule has 0 unspecified atom stereocenters. The van der Waals surface area contributed by atoms with Crippen LogP contribution < -0.4 is 11.5 Å². The number of aromatic amines is 1. The molecule has 0 amide bonds. The standard InChI is InChI=1S/C11H9FN6/c12-6-3-5(1-2-7(6)13)10-17-8-9(14)15-4-16-11(8)18-10/h1-4H,13H2,(H3,14,15,16,17,18). The third-order valence-corrected chi connectivity index (χ3v) is 2.59. The van der Waals surface area contributed by atoms with Crippen molar-refractivity contribution in [2.24, 2.45) is 0 Å². The monoisotopic (exact) mass is 244 g/mol. The molecule has 0 fully saturated rings. The van der Waals surface area contributed by atoms with Crippen molar-refractivity contribution in [1.29, 1.82) is 0 Å². The summed E-state index contributed by atoms with van der Waals surface area (Å²) in [5.74, 6) is 0.276. The van der Waals surface area contributed by atoms with Crippen LogP contribution >= 0.6 is 0 Å². The molecule has 2 aromatic heterocycles. The van der Waals surface area contributed by atoms with Crippen molar-refractivity contribution in [2.75, 3.05) is 11.5 Å². The normalized spacial score (nSPS) is 10.9. The molecule has 0 aliphatic carbocycles. The molecule has 1 aromatic carbocycles. The number of nitrogens with one attached hydrogen (secondary N) is 1. The average molecular weight is 244 g/mol. The molecule has 7 heteroatoms. The zero-order valence-electron chi connectivity index (χ0n) is 9.18. The summed E-state index contributed by atoms with van der Waals surface area (Å²) < 4.78 is 13.4. The minimum atomic E-state index is -0.494. The Bertz CT molecular complexity index is 735. The summed E-state index contributed by atoms with van der Waals surface area (Å²) >= 11 is 0. The lowest BCUT2D eigenvalue weighted by molar-refractivity contribution is 0.633. The number of benzene rings is 1. The first-order chi connectivity index (χ1) is 8.65. The van der Waals surface area contributed by atoms with E-state index in [1.54, 1.807) is 6.07 Å². The number of halogens is 1. The lowest BCUT2D eigenvalue weighted by Gasteiger charge is -1.99. The second-order valence-corrected chi connectivity index (χ2v) is 3.78. The van der Waals surface area contributed by atoms with Crippen LogP contribution in [0.4, 0.5) is 15.9 Å². The molecule has 0 aliphatic rings. The van der Waals surface area contributed by atoms with Gasteiger partial charge in [-0.2, -0.15) is 0 Å². The number of nitrogens with zero attached hydrogens (tertiary/aromatic N) is 3. The number of aromatic nitrogens is 4. The molecule has 0 bridgehead atoms. The molecular weight excluding hydrogens is 235 g/mol. The Balaban J connectivity index is 2.19. The van der Waals surface area contributed by atoms with E-state index in [9.17, 15) is 4.39 Å². The molecule has 18 heavy (non-hydrogen) atoms. The van der Waals surface area contributed by atoms with E-state index in [0.29, 0.717) is 28.4 Å². The first-order valence-electron chi connectivity index (χ1n) is 5.17. The average Bonchev–Trinajstić information content (AvgIpc) is 2.78. The zero-order valence-corrected chi connectivity index (χ0v) is 9.18. The van der Waals surface area contributed by atoms with E-state index in [1.807, 2.05) is 0 Å². The van der Waals surface area contributed by atoms with Crippen LogP contribution in [0, 0.1) is 5.82 Å². The summed E-state index contributed by atoms with van der Waals surface area (Å²) in [6, 6.07) is 4.45. The number of hydrogen-bond donors (Lipinski definition) is 3. The molecule has 3 aromatic rings. The van der Waals surface area contributed by atoms with Gasteiger partial charge in [-0.1, -0.05) is 0 Å². The molecule has 90 valence electrons. The predicted molar refractivity (Wildman–Crippen MR) is 65.9 cm³/mol. The number of imidazole rings is 1. The number of anilines is 2. The minimum absolute atomic E-state index is 0.0918. The molecule has 3 rings (SSSR count). The minimum Gasteiger partial charge on any atom is -0.396 e. The molecular formula is C11H9FN6. The van der Waals surface area contributed by atoms with Crippen molar-refractivity contribution in [2.45, 2.75) is 0 Å². The number of rotatable bonds is 1. The summed E-state index contributed by atoms with van der Waals surface area (Å²) in [5, 5.41) is 0. The van der Waals surface area contributed by atoms with Crippen LogP contribution in [-0.4, -0.2) is 19.9 Å². The summed E-state index contributed by atoms with van der Waals surface area (Å²) in [6.45, 7) is 0. The van der Waals surface area contributed by atoms with E-state index in [4.69, 9.17) is 11.5 Å². The Hall–Kier alpha value is -2.70. The van der Waals surface area contributed by atoms with Crippen LogP contribution in [0.25, 0.3) is 22.6 Å². The van der Waals surface area contributed by atoms with Crippen molar-refractivity contribution < 1.29 is 4.39 Å². The quantitative estimate of drug-likeness (QED) is 0.560. The Kier molecular flexibility index (Phi) is 2.12. The highest BCUT2D eigenvalue weighted by atomic mass is 19.1. The van der Waals surface area contributed by atoms with Gasteiger partial charge in [0.1, 0.15) is 23.5 Å². The van der Waals surface area contributed by atoms with Gasteiger partial charge < -0.3 is 16.5 Å². The highest BCUT2D eigenvalue weighted by Crippen LogP contribution is 2.23. The number of nitrogens with two attached hydrogens (primary N) is 2. The second kappa shape index (κ2) is 3.66. The maximum absolute atomic E-state index is 13.4. The number of nitrogen functional groups attached to an aromatic ring is 2. The van der Waals surface area contributed by atoms with Gasteiger partial charge in [0.05, 0.1) is 5.69 Å². The molecule has 2 heterocycles. The van der Waals surface area contributed by atoms with Crippen LogP contribution in [-0.2, 0) is 0 Å². The Morgan fingerprint density at radius 3 is 2.72 bits per heavy atom. The number of H-pyrrole nitrogens is 1. The van der Waals surface area contributed by atoms with Crippen LogP contribution in [0.3, 0.4) is 0 Å². The lowest BCUT2D eigenvalue weighted by Crippen LogP contribution is -1.92. The van der Waals surface area contributed by atoms with Gasteiger partial charge in [0.25, 0.3) is 0 Å². The van der Waals surface area contributed by atoms with E-state index in [2.05, 4.69) is 19.9 Å². The number of hydrogen-bond acceptors (Lipinski definition) is 5. The molecule has 5 N–H and O–H groups in total. The first-order valence-corrected chi connectivity index (χ1v) is 5.17. The molecule has 0 spiro atoms. The molecule has 0 aliphatic heterocycles. The van der Waals surface area contributed by atoms with Gasteiger partial charge in [-0.25, -0.2) is 19.3 Å². The van der Waals surface area contributed by atoms with E-state index in [-0.39, 0.29) is 5.69 Å². The smallest absolute Gasteiger partial charge is 0.183 e. The third-order valence-electron chi connectivity index (χ3n) is 2.59. The number of fused-ring (bicyclic) bond motifs is 1. The summed E-state index contributed by atoms with van der Waals surface area (Å²) in [6.07, 6.45) is 1.33. The Labute approximate surface area is 101 Å². The van der Waals surface area contributed by atoms with Crippen LogP contribution in [0.15, 0.2) is 24.5 Å². The highest BCUT2D eigenvalue weighted by Gasteiger charge is 2.10.